The number of carbonyl (C=O) groups is 1. The van der Waals surface area contributed by atoms with E-state index in [0.717, 1.165) is 35.6 Å². The van der Waals surface area contributed by atoms with E-state index in [1.807, 2.05) is 43.5 Å². The van der Waals surface area contributed by atoms with Gasteiger partial charge in [-0.05, 0) is 30.2 Å². The molecule has 1 aliphatic rings. The van der Waals surface area contributed by atoms with Crippen LogP contribution >= 0.6 is 11.6 Å². The fourth-order valence-electron chi connectivity index (χ4n) is 3.40. The molecule has 0 atom stereocenters. The topological polar surface area (TPSA) is 59.4 Å². The highest BCUT2D eigenvalue weighted by Crippen LogP contribution is 2.30. The smallest absolute Gasteiger partial charge is 0.246 e. The molecule has 1 saturated heterocycles. The third-order valence-corrected chi connectivity index (χ3v) is 5.39. The molecule has 1 N–H and O–H groups in total. The molecule has 1 aliphatic heterocycles. The Morgan fingerprint density at radius 3 is 2.66 bits per heavy atom. The quantitative estimate of drug-likeness (QED) is 0.691. The largest absolute Gasteiger partial charge is 0.378 e. The summed E-state index contributed by atoms with van der Waals surface area (Å²) >= 11 is 6.15. The van der Waals surface area contributed by atoms with Gasteiger partial charge in [0.2, 0.25) is 5.91 Å². The lowest BCUT2D eigenvalue weighted by molar-refractivity contribution is -0.116. The molecule has 1 amide bonds. The lowest BCUT2D eigenvalue weighted by Crippen LogP contribution is -2.36. The molecule has 2 aromatic carbocycles. The minimum atomic E-state index is -0.147. The Morgan fingerprint density at radius 1 is 1.14 bits per heavy atom. The number of aromatic nitrogens is 2. The van der Waals surface area contributed by atoms with Crippen molar-refractivity contribution in [2.75, 3.05) is 36.5 Å². The van der Waals surface area contributed by atoms with E-state index in [9.17, 15) is 4.79 Å². The van der Waals surface area contributed by atoms with E-state index in [-0.39, 0.29) is 12.5 Å². The summed E-state index contributed by atoms with van der Waals surface area (Å²) in [6.45, 7) is 4.92. The molecule has 29 heavy (non-hydrogen) atoms. The predicted molar refractivity (Wildman–Crippen MR) is 116 cm³/mol. The summed E-state index contributed by atoms with van der Waals surface area (Å²) in [7, 11) is 0. The van der Waals surface area contributed by atoms with Crippen molar-refractivity contribution in [2.24, 2.45) is 0 Å². The number of hydrogen-bond donors (Lipinski definition) is 1. The molecule has 6 nitrogen and oxygen atoms in total. The number of nitrogens with zero attached hydrogens (tertiary/aromatic N) is 3. The summed E-state index contributed by atoms with van der Waals surface area (Å²) in [5.74, 6) is 0.734. The van der Waals surface area contributed by atoms with Crippen LogP contribution in [-0.2, 0) is 16.1 Å². The van der Waals surface area contributed by atoms with E-state index in [4.69, 9.17) is 21.4 Å². The summed E-state index contributed by atoms with van der Waals surface area (Å²) in [5.41, 5.74) is 3.65. The van der Waals surface area contributed by atoms with Gasteiger partial charge in [0.05, 0.1) is 13.2 Å². The van der Waals surface area contributed by atoms with Crippen LogP contribution in [0.5, 0.6) is 0 Å². The number of benzene rings is 2. The maximum atomic E-state index is 12.6. The maximum absolute atomic E-state index is 12.6. The van der Waals surface area contributed by atoms with Gasteiger partial charge in [0.15, 0.2) is 5.82 Å². The van der Waals surface area contributed by atoms with Crippen molar-refractivity contribution < 1.29 is 9.53 Å². The number of hydrogen-bond acceptors (Lipinski definition) is 4. The third-order valence-electron chi connectivity index (χ3n) is 4.98. The number of halogens is 1. The summed E-state index contributed by atoms with van der Waals surface area (Å²) in [4.78, 5) is 14.8. The van der Waals surface area contributed by atoms with Gasteiger partial charge in [0.1, 0.15) is 6.54 Å². The lowest BCUT2D eigenvalue weighted by Gasteiger charge is -2.27. The molecular formula is C22H23ClN4O2. The van der Waals surface area contributed by atoms with E-state index in [0.29, 0.717) is 23.9 Å². The Kier molecular flexibility index (Phi) is 5.83. The van der Waals surface area contributed by atoms with Crippen LogP contribution in [0.4, 0.5) is 11.5 Å². The fraction of sp³-hybridized carbons (Fsp3) is 0.273. The second-order valence-electron chi connectivity index (χ2n) is 6.99. The zero-order valence-corrected chi connectivity index (χ0v) is 17.0. The van der Waals surface area contributed by atoms with Crippen molar-refractivity contribution in [1.82, 2.24) is 9.78 Å². The first kappa shape index (κ1) is 19.5. The van der Waals surface area contributed by atoms with Gasteiger partial charge in [0.25, 0.3) is 0 Å². The van der Waals surface area contributed by atoms with Crippen LogP contribution in [0.2, 0.25) is 5.02 Å². The SMILES string of the molecule is Cc1c(Cl)cccc1NC(=O)Cn1cc(-c2ccccc2)c(N2CCOCC2)n1. The molecule has 4 rings (SSSR count). The predicted octanol–water partition coefficient (Wildman–Crippen LogP) is 3.99. The van der Waals surface area contributed by atoms with E-state index < -0.39 is 0 Å². The molecule has 0 radical (unpaired) electrons. The van der Waals surface area contributed by atoms with Gasteiger partial charge < -0.3 is 15.0 Å². The van der Waals surface area contributed by atoms with Crippen molar-refractivity contribution in [3.8, 4) is 11.1 Å². The Bertz CT molecular complexity index is 997. The van der Waals surface area contributed by atoms with Crippen LogP contribution in [0.25, 0.3) is 11.1 Å². The first-order valence-corrected chi connectivity index (χ1v) is 10.00. The van der Waals surface area contributed by atoms with Crippen molar-refractivity contribution >= 4 is 29.0 Å². The number of ether oxygens (including phenoxy) is 1. The van der Waals surface area contributed by atoms with Crippen LogP contribution in [0.1, 0.15) is 5.56 Å². The van der Waals surface area contributed by atoms with Crippen LogP contribution < -0.4 is 10.2 Å². The van der Waals surface area contributed by atoms with E-state index in [2.05, 4.69) is 22.3 Å². The number of morpholine rings is 1. The van der Waals surface area contributed by atoms with Gasteiger partial charge in [-0.1, -0.05) is 48.0 Å². The molecule has 2 heterocycles. The molecule has 3 aromatic rings. The summed E-state index contributed by atoms with van der Waals surface area (Å²) in [6, 6.07) is 15.6. The first-order valence-electron chi connectivity index (χ1n) is 9.62. The van der Waals surface area contributed by atoms with Gasteiger partial charge in [-0.2, -0.15) is 5.10 Å². The van der Waals surface area contributed by atoms with Gasteiger partial charge in [0, 0.05) is 35.6 Å². The number of amides is 1. The summed E-state index contributed by atoms with van der Waals surface area (Å²) < 4.78 is 7.17. The summed E-state index contributed by atoms with van der Waals surface area (Å²) in [6.07, 6.45) is 1.94. The maximum Gasteiger partial charge on any atom is 0.246 e. The van der Waals surface area contributed by atoms with Gasteiger partial charge in [-0.15, -0.1) is 0 Å². The van der Waals surface area contributed by atoms with Gasteiger partial charge in [-0.25, -0.2) is 0 Å². The van der Waals surface area contributed by atoms with E-state index in [1.54, 1.807) is 10.7 Å². The zero-order valence-electron chi connectivity index (χ0n) is 16.3. The number of anilines is 2. The third kappa shape index (κ3) is 4.44. The highest BCUT2D eigenvalue weighted by atomic mass is 35.5. The minimum Gasteiger partial charge on any atom is -0.378 e. The average Bonchev–Trinajstić information content (AvgIpc) is 3.16. The molecule has 0 bridgehead atoms. The van der Waals surface area contributed by atoms with Crippen molar-refractivity contribution in [2.45, 2.75) is 13.5 Å². The van der Waals surface area contributed by atoms with Gasteiger partial charge >= 0.3 is 0 Å². The van der Waals surface area contributed by atoms with Crippen molar-refractivity contribution in [1.29, 1.82) is 0 Å². The first-order chi connectivity index (χ1) is 14.1. The number of nitrogens with one attached hydrogen (secondary N) is 1. The standard InChI is InChI=1S/C22H23ClN4O2/c1-16-19(23)8-5-9-20(16)24-21(28)15-27-14-18(17-6-3-2-4-7-17)22(25-27)26-10-12-29-13-11-26/h2-9,14H,10-13,15H2,1H3,(H,24,28). The van der Waals surface area contributed by atoms with Crippen molar-refractivity contribution in [3.63, 3.8) is 0 Å². The molecule has 1 aromatic heterocycles. The molecule has 1 fully saturated rings. The molecule has 0 saturated carbocycles. The van der Waals surface area contributed by atoms with Crippen LogP contribution in [0, 0.1) is 6.92 Å². The molecular weight excluding hydrogens is 388 g/mol. The zero-order chi connectivity index (χ0) is 20.2. The molecule has 0 aliphatic carbocycles. The van der Waals surface area contributed by atoms with E-state index in [1.165, 1.54) is 0 Å². The Hall–Kier alpha value is -2.83. The lowest BCUT2D eigenvalue weighted by atomic mass is 10.1. The van der Waals surface area contributed by atoms with Crippen LogP contribution in [0.15, 0.2) is 54.7 Å². The second kappa shape index (κ2) is 8.68. The molecule has 7 heteroatoms. The molecule has 0 spiro atoms. The highest BCUT2D eigenvalue weighted by Gasteiger charge is 2.20. The van der Waals surface area contributed by atoms with Gasteiger partial charge in [-0.3, -0.25) is 9.48 Å². The number of rotatable bonds is 5. The monoisotopic (exact) mass is 410 g/mol. The minimum absolute atomic E-state index is 0.121. The Labute approximate surface area is 175 Å². The molecule has 150 valence electrons. The van der Waals surface area contributed by atoms with E-state index >= 15 is 0 Å². The molecule has 0 unspecified atom stereocenters. The van der Waals surface area contributed by atoms with Crippen LogP contribution in [0.3, 0.4) is 0 Å². The summed E-state index contributed by atoms with van der Waals surface area (Å²) in [5, 5.41) is 8.29. The normalized spacial score (nSPS) is 14.1. The Morgan fingerprint density at radius 2 is 1.90 bits per heavy atom. The second-order valence-corrected chi connectivity index (χ2v) is 7.40. The van der Waals surface area contributed by atoms with Crippen molar-refractivity contribution in [3.05, 3.63) is 65.3 Å². The Balaban J connectivity index is 1.58. The number of carbonyl (C=O) groups excluding carboxylic acids is 1. The highest BCUT2D eigenvalue weighted by molar-refractivity contribution is 6.31. The fourth-order valence-corrected chi connectivity index (χ4v) is 3.58. The average molecular weight is 411 g/mol. The van der Waals surface area contributed by atoms with Crippen LogP contribution in [-0.4, -0.2) is 42.0 Å².